The number of carbonyl (C=O) groups is 1. The lowest BCUT2D eigenvalue weighted by molar-refractivity contribution is -0.459. The maximum atomic E-state index is 12.3. The van der Waals surface area contributed by atoms with Gasteiger partial charge in [0.1, 0.15) is 17.7 Å². The molecule has 1 aromatic rings. The van der Waals surface area contributed by atoms with E-state index in [2.05, 4.69) is 30.9 Å². The van der Waals surface area contributed by atoms with Crippen molar-refractivity contribution < 1.29 is 20.0 Å². The number of carboxylic acids is 1. The van der Waals surface area contributed by atoms with Crippen molar-refractivity contribution in [3.05, 3.63) is 16.0 Å². The van der Waals surface area contributed by atoms with Crippen LogP contribution in [0.15, 0.2) is 9.79 Å². The minimum Gasteiger partial charge on any atom is -0.480 e. The molecule has 0 saturated heterocycles. The number of nitrogens with zero attached hydrogens (tertiary/aromatic N) is 3. The third-order valence-electron chi connectivity index (χ3n) is 4.28. The van der Waals surface area contributed by atoms with E-state index in [1.165, 1.54) is 11.6 Å². The van der Waals surface area contributed by atoms with Crippen molar-refractivity contribution in [2.24, 2.45) is 16.5 Å². The molecule has 0 aromatic carbocycles. The van der Waals surface area contributed by atoms with Gasteiger partial charge in [0, 0.05) is 20.1 Å². The molecule has 1 unspecified atom stereocenters. The van der Waals surface area contributed by atoms with Gasteiger partial charge in [-0.25, -0.2) is 4.79 Å². The van der Waals surface area contributed by atoms with Crippen LogP contribution in [0, 0.1) is 0 Å². The predicted molar refractivity (Wildman–Crippen MR) is 106 cm³/mol. The third-order valence-corrected chi connectivity index (χ3v) is 4.28. The number of aliphatic hydroxyl groups excluding tert-OH is 1. The molecule has 0 saturated carbocycles. The van der Waals surface area contributed by atoms with Gasteiger partial charge in [-0.15, -0.1) is 0 Å². The maximum absolute atomic E-state index is 12.3. The van der Waals surface area contributed by atoms with Crippen molar-refractivity contribution in [2.75, 3.05) is 31.2 Å². The van der Waals surface area contributed by atoms with Crippen molar-refractivity contribution in [1.82, 2.24) is 20.2 Å². The highest BCUT2D eigenvalue weighted by molar-refractivity contribution is 5.96. The molecule has 1 aliphatic heterocycles. The number of aliphatic carboxylic acids is 1. The van der Waals surface area contributed by atoms with Gasteiger partial charge in [0.15, 0.2) is 12.2 Å². The lowest BCUT2D eigenvalue weighted by atomic mass is 10.1. The Bertz CT molecular complexity index is 861. The van der Waals surface area contributed by atoms with Gasteiger partial charge >= 0.3 is 17.6 Å². The van der Waals surface area contributed by atoms with E-state index < -0.39 is 23.9 Å². The molecule has 14 nitrogen and oxygen atoms in total. The van der Waals surface area contributed by atoms with Crippen LogP contribution in [0.2, 0.25) is 0 Å². The molecule has 2 heterocycles. The molecule has 0 aliphatic carbocycles. The van der Waals surface area contributed by atoms with Gasteiger partial charge < -0.3 is 31.9 Å². The Morgan fingerprint density at radius 3 is 2.83 bits per heavy atom. The lowest BCUT2D eigenvalue weighted by Gasteiger charge is -2.28. The molecule has 160 valence electrons. The zero-order valence-corrected chi connectivity index (χ0v) is 16.0. The number of aromatic nitrogens is 2. The number of guanidine groups is 2. The highest BCUT2D eigenvalue weighted by Crippen LogP contribution is 2.27. The average molecular weight is 411 g/mol. The molecule has 0 spiro atoms. The van der Waals surface area contributed by atoms with Gasteiger partial charge in [-0.2, -0.15) is 4.98 Å². The summed E-state index contributed by atoms with van der Waals surface area (Å²) in [6, 6.07) is -0.822. The highest BCUT2D eigenvalue weighted by Gasteiger charge is 2.28. The first kappa shape index (κ1) is 21.9. The molecule has 1 aromatic heterocycles. The van der Waals surface area contributed by atoms with E-state index >= 15 is 0 Å². The van der Waals surface area contributed by atoms with Crippen molar-refractivity contribution in [2.45, 2.75) is 31.7 Å². The Morgan fingerprint density at radius 2 is 2.21 bits per heavy atom. The van der Waals surface area contributed by atoms with Crippen LogP contribution < -0.4 is 43.8 Å². The van der Waals surface area contributed by atoms with E-state index in [1.807, 2.05) is 0 Å². The Morgan fingerprint density at radius 1 is 1.48 bits per heavy atom. The van der Waals surface area contributed by atoms with Crippen LogP contribution in [-0.2, 0) is 11.3 Å². The van der Waals surface area contributed by atoms with Crippen molar-refractivity contribution in [3.8, 4) is 0 Å². The number of carboxylic acid groups (broad SMARTS) is 1. The standard InChI is InChI=1S/C15H26N10O4/c1-19-14-23-10-8(11(26)24-14)9(16)22-15(29)25(10)6-5-20-7(12(27)28)3-2-4-21-13(17)18/h7,11,20,26H,2-6H2,1H3,(H,27,28)(H2,16,22,29)(H4,17,18,21)(H2,19,23,24)/p+1/t7-,11?/m0/s1. The van der Waals surface area contributed by atoms with Gasteiger partial charge in [-0.05, 0) is 12.8 Å². The fraction of sp³-hybridized carbons (Fsp3) is 0.533. The molecule has 2 rings (SSSR count). The number of hydrogen-bond donors (Lipinski definition) is 9. The number of aliphatic hydroxyl groups is 1. The molecule has 2 atom stereocenters. The molecule has 0 amide bonds. The number of nitrogens with one attached hydrogen (secondary N) is 4. The van der Waals surface area contributed by atoms with E-state index in [1.54, 1.807) is 0 Å². The molecular formula is C15H27N10O4+. The van der Waals surface area contributed by atoms with E-state index in [0.29, 0.717) is 19.4 Å². The van der Waals surface area contributed by atoms with Crippen LogP contribution in [0.3, 0.4) is 0 Å². The summed E-state index contributed by atoms with van der Waals surface area (Å²) in [7, 11) is 1.50. The SMILES string of the molecule is CN=C1Nc2c(c(N)nc(=O)n2CCN[C@@H](CCC[NH+]=C(N)N)C(=O)O)C(O)N1. The predicted octanol–water partition coefficient (Wildman–Crippen LogP) is -5.01. The van der Waals surface area contributed by atoms with Gasteiger partial charge in [0.05, 0.1) is 12.1 Å². The summed E-state index contributed by atoms with van der Waals surface area (Å²) in [6.07, 6.45) is -0.338. The molecule has 0 bridgehead atoms. The first-order chi connectivity index (χ1) is 13.7. The molecule has 0 radical (unpaired) electrons. The number of nitrogens with two attached hydrogens (primary N) is 3. The molecule has 1 aliphatic rings. The minimum absolute atomic E-state index is 0.0731. The quantitative estimate of drug-likeness (QED) is 0.106. The molecular weight excluding hydrogens is 384 g/mol. The summed E-state index contributed by atoms with van der Waals surface area (Å²) >= 11 is 0. The van der Waals surface area contributed by atoms with Crippen LogP contribution >= 0.6 is 0 Å². The van der Waals surface area contributed by atoms with E-state index in [0.717, 1.165) is 0 Å². The van der Waals surface area contributed by atoms with Crippen LogP contribution in [0.1, 0.15) is 24.6 Å². The first-order valence-electron chi connectivity index (χ1n) is 8.91. The number of anilines is 2. The zero-order valence-electron chi connectivity index (χ0n) is 16.0. The van der Waals surface area contributed by atoms with Crippen LogP contribution in [0.5, 0.6) is 0 Å². The zero-order chi connectivity index (χ0) is 21.6. The summed E-state index contributed by atoms with van der Waals surface area (Å²) in [4.78, 5) is 34.1. The van der Waals surface area contributed by atoms with Crippen LogP contribution in [0.4, 0.5) is 11.6 Å². The van der Waals surface area contributed by atoms with Crippen molar-refractivity contribution in [3.63, 3.8) is 0 Å². The van der Waals surface area contributed by atoms with E-state index in [4.69, 9.17) is 17.2 Å². The number of hydrogen-bond acceptors (Lipinski definition) is 7. The molecule has 12 N–H and O–H groups in total. The van der Waals surface area contributed by atoms with E-state index in [9.17, 15) is 19.8 Å². The Kier molecular flexibility index (Phi) is 7.33. The lowest BCUT2D eigenvalue weighted by Crippen LogP contribution is -2.78. The molecule has 0 fully saturated rings. The fourth-order valence-corrected chi connectivity index (χ4v) is 2.87. The largest absolute Gasteiger partial charge is 0.480 e. The van der Waals surface area contributed by atoms with Gasteiger partial charge in [-0.1, -0.05) is 0 Å². The summed E-state index contributed by atoms with van der Waals surface area (Å²) in [5, 5.41) is 28.0. The molecule has 29 heavy (non-hydrogen) atoms. The maximum Gasteiger partial charge on any atom is 0.351 e. The Labute approximate surface area is 165 Å². The second kappa shape index (κ2) is 9.70. The highest BCUT2D eigenvalue weighted by atomic mass is 16.4. The van der Waals surface area contributed by atoms with Crippen LogP contribution in [-0.4, -0.2) is 63.8 Å². The van der Waals surface area contributed by atoms with Crippen molar-refractivity contribution in [1.29, 1.82) is 0 Å². The second-order valence-electron chi connectivity index (χ2n) is 6.31. The summed E-state index contributed by atoms with van der Waals surface area (Å²) in [6.45, 7) is 0.699. The first-order valence-corrected chi connectivity index (χ1v) is 8.91. The summed E-state index contributed by atoms with van der Waals surface area (Å²) in [5.41, 5.74) is 15.9. The Balaban J connectivity index is 2.10. The van der Waals surface area contributed by atoms with Gasteiger partial charge in [0.25, 0.3) is 0 Å². The smallest absolute Gasteiger partial charge is 0.351 e. The topological polar surface area (TPSA) is 233 Å². The number of fused-ring (bicyclic) bond motifs is 1. The van der Waals surface area contributed by atoms with Crippen molar-refractivity contribution >= 4 is 29.5 Å². The van der Waals surface area contributed by atoms with E-state index in [-0.39, 0.29) is 42.2 Å². The van der Waals surface area contributed by atoms with Gasteiger partial charge in [-0.3, -0.25) is 30.8 Å². The van der Waals surface area contributed by atoms with Gasteiger partial charge in [0.2, 0.25) is 0 Å². The van der Waals surface area contributed by atoms with Crippen LogP contribution in [0.25, 0.3) is 0 Å². The summed E-state index contributed by atoms with van der Waals surface area (Å²) < 4.78 is 1.26. The molecule has 14 heteroatoms. The fourth-order valence-electron chi connectivity index (χ4n) is 2.87. The normalized spacial score (nSPS) is 17.7. The second-order valence-corrected chi connectivity index (χ2v) is 6.31. The summed E-state index contributed by atoms with van der Waals surface area (Å²) in [5.74, 6) is -0.546. The third kappa shape index (κ3) is 5.55. The Hall–Kier alpha value is -3.39. The number of aliphatic imine (C=N–C) groups is 1. The minimum atomic E-state index is -1.19. The number of rotatable bonds is 9. The number of nitrogen functional groups attached to an aromatic ring is 1. The average Bonchev–Trinajstić information content (AvgIpc) is 2.64. The monoisotopic (exact) mass is 411 g/mol.